The van der Waals surface area contributed by atoms with E-state index in [1.165, 1.54) is 0 Å². The van der Waals surface area contributed by atoms with Crippen molar-refractivity contribution in [2.45, 2.75) is 13.0 Å². The van der Waals surface area contributed by atoms with Crippen molar-refractivity contribution in [1.82, 2.24) is 0 Å². The molecule has 0 bridgehead atoms. The highest BCUT2D eigenvalue weighted by atomic mass is 19.4. The molecule has 0 radical (unpaired) electrons. The third-order valence-electron chi connectivity index (χ3n) is 2.70. The molecule has 0 saturated carbocycles. The SMILES string of the molecule is N#Cc1ccc(-c2ccc(COC(F)(F)F)cc2)cc1. The van der Waals surface area contributed by atoms with E-state index in [1.807, 2.05) is 6.07 Å². The van der Waals surface area contributed by atoms with Crippen molar-refractivity contribution in [3.8, 4) is 17.2 Å². The third kappa shape index (κ3) is 3.84. The molecular formula is C15H10F3NO. The van der Waals surface area contributed by atoms with Crippen LogP contribution in [0.2, 0.25) is 0 Å². The first-order valence-corrected chi connectivity index (χ1v) is 5.78. The van der Waals surface area contributed by atoms with Crippen LogP contribution in [0.5, 0.6) is 0 Å². The van der Waals surface area contributed by atoms with Crippen LogP contribution in [0.3, 0.4) is 0 Å². The molecule has 0 spiro atoms. The zero-order valence-electron chi connectivity index (χ0n) is 10.3. The van der Waals surface area contributed by atoms with Gasteiger partial charge in [0.05, 0.1) is 18.2 Å². The maximum Gasteiger partial charge on any atom is 0.522 e. The second-order valence-electron chi connectivity index (χ2n) is 4.12. The molecule has 0 aliphatic rings. The van der Waals surface area contributed by atoms with Crippen LogP contribution in [0.1, 0.15) is 11.1 Å². The number of ether oxygens (including phenoxy) is 1. The van der Waals surface area contributed by atoms with Crippen molar-refractivity contribution < 1.29 is 17.9 Å². The van der Waals surface area contributed by atoms with Crippen LogP contribution in [0.15, 0.2) is 48.5 Å². The molecule has 0 heterocycles. The van der Waals surface area contributed by atoms with Gasteiger partial charge >= 0.3 is 6.36 Å². The summed E-state index contributed by atoms with van der Waals surface area (Å²) in [5, 5.41) is 8.70. The summed E-state index contributed by atoms with van der Waals surface area (Å²) in [7, 11) is 0. The minimum Gasteiger partial charge on any atom is -0.287 e. The second-order valence-corrected chi connectivity index (χ2v) is 4.12. The van der Waals surface area contributed by atoms with E-state index < -0.39 is 13.0 Å². The predicted molar refractivity (Wildman–Crippen MR) is 67.4 cm³/mol. The third-order valence-corrected chi connectivity index (χ3v) is 2.70. The maximum atomic E-state index is 11.9. The van der Waals surface area contributed by atoms with Crippen LogP contribution < -0.4 is 0 Å². The lowest BCUT2D eigenvalue weighted by molar-refractivity contribution is -0.330. The summed E-state index contributed by atoms with van der Waals surface area (Å²) >= 11 is 0. The van der Waals surface area contributed by atoms with Crippen molar-refractivity contribution in [1.29, 1.82) is 5.26 Å². The van der Waals surface area contributed by atoms with Crippen molar-refractivity contribution >= 4 is 0 Å². The molecule has 20 heavy (non-hydrogen) atoms. The minimum absolute atomic E-state index is 0.444. The first-order valence-electron chi connectivity index (χ1n) is 5.78. The van der Waals surface area contributed by atoms with Crippen molar-refractivity contribution in [2.24, 2.45) is 0 Å². The normalized spacial score (nSPS) is 11.1. The Balaban J connectivity index is 2.09. The highest BCUT2D eigenvalue weighted by Gasteiger charge is 2.28. The van der Waals surface area contributed by atoms with E-state index in [0.29, 0.717) is 11.1 Å². The molecule has 0 aliphatic heterocycles. The molecule has 2 aromatic carbocycles. The fourth-order valence-electron chi connectivity index (χ4n) is 1.70. The summed E-state index contributed by atoms with van der Waals surface area (Å²) in [6, 6.07) is 15.6. The van der Waals surface area contributed by atoms with Gasteiger partial charge in [-0.2, -0.15) is 5.26 Å². The lowest BCUT2D eigenvalue weighted by atomic mass is 10.0. The zero-order valence-corrected chi connectivity index (χ0v) is 10.3. The Hall–Kier alpha value is -2.32. The highest BCUT2D eigenvalue weighted by Crippen LogP contribution is 2.22. The summed E-state index contributed by atoms with van der Waals surface area (Å²) in [5.74, 6) is 0. The quantitative estimate of drug-likeness (QED) is 0.839. The number of hydrogen-bond donors (Lipinski definition) is 0. The molecule has 5 heteroatoms. The van der Waals surface area contributed by atoms with Gasteiger partial charge in [-0.05, 0) is 28.8 Å². The Kier molecular flexibility index (Phi) is 4.06. The number of alkyl halides is 3. The van der Waals surface area contributed by atoms with Gasteiger partial charge in [-0.1, -0.05) is 36.4 Å². The van der Waals surface area contributed by atoms with Crippen molar-refractivity contribution in [3.63, 3.8) is 0 Å². The number of halogens is 3. The molecule has 0 aromatic heterocycles. The van der Waals surface area contributed by atoms with Crippen LogP contribution in [0.4, 0.5) is 13.2 Å². The van der Waals surface area contributed by atoms with Gasteiger partial charge in [-0.25, -0.2) is 0 Å². The molecule has 2 nitrogen and oxygen atoms in total. The van der Waals surface area contributed by atoms with Gasteiger partial charge in [0.2, 0.25) is 0 Å². The van der Waals surface area contributed by atoms with Crippen LogP contribution in [-0.4, -0.2) is 6.36 Å². The van der Waals surface area contributed by atoms with E-state index in [4.69, 9.17) is 5.26 Å². The molecule has 0 atom stereocenters. The van der Waals surface area contributed by atoms with E-state index in [9.17, 15) is 13.2 Å². The molecule has 0 N–H and O–H groups in total. The molecule has 0 saturated heterocycles. The second kappa shape index (κ2) is 5.76. The van der Waals surface area contributed by atoms with Gasteiger partial charge in [0.25, 0.3) is 0 Å². The Labute approximate surface area is 114 Å². The Morgan fingerprint density at radius 3 is 1.85 bits per heavy atom. The number of hydrogen-bond acceptors (Lipinski definition) is 2. The van der Waals surface area contributed by atoms with Gasteiger partial charge in [0, 0.05) is 0 Å². The Morgan fingerprint density at radius 1 is 0.900 bits per heavy atom. The average molecular weight is 277 g/mol. The summed E-state index contributed by atoms with van der Waals surface area (Å²) in [4.78, 5) is 0. The van der Waals surface area contributed by atoms with Crippen molar-refractivity contribution in [3.05, 3.63) is 59.7 Å². The van der Waals surface area contributed by atoms with Crippen LogP contribution >= 0.6 is 0 Å². The fraction of sp³-hybridized carbons (Fsp3) is 0.133. The van der Waals surface area contributed by atoms with E-state index in [0.717, 1.165) is 11.1 Å². The monoisotopic (exact) mass is 277 g/mol. The molecule has 2 aromatic rings. The Bertz CT molecular complexity index is 610. The van der Waals surface area contributed by atoms with Crippen LogP contribution in [-0.2, 0) is 11.3 Å². The number of benzene rings is 2. The lowest BCUT2D eigenvalue weighted by Gasteiger charge is -2.08. The maximum absolute atomic E-state index is 11.9. The molecule has 102 valence electrons. The largest absolute Gasteiger partial charge is 0.522 e. The first kappa shape index (κ1) is 14.1. The zero-order chi connectivity index (χ0) is 14.6. The molecule has 0 amide bonds. The van der Waals surface area contributed by atoms with Gasteiger partial charge < -0.3 is 0 Å². The number of nitrogens with zero attached hydrogens (tertiary/aromatic N) is 1. The van der Waals surface area contributed by atoms with Gasteiger partial charge in [-0.3, -0.25) is 4.74 Å². The topological polar surface area (TPSA) is 33.0 Å². The average Bonchev–Trinajstić information content (AvgIpc) is 2.45. The molecule has 2 rings (SSSR count). The minimum atomic E-state index is -4.62. The smallest absolute Gasteiger partial charge is 0.287 e. The summed E-state index contributed by atoms with van der Waals surface area (Å²) < 4.78 is 39.5. The fourth-order valence-corrected chi connectivity index (χ4v) is 1.70. The molecule has 0 unspecified atom stereocenters. The molecule has 0 fully saturated rings. The van der Waals surface area contributed by atoms with E-state index in [-0.39, 0.29) is 0 Å². The van der Waals surface area contributed by atoms with Crippen LogP contribution in [0, 0.1) is 11.3 Å². The number of rotatable bonds is 3. The highest BCUT2D eigenvalue weighted by molar-refractivity contribution is 5.64. The standard InChI is InChI=1S/C15H10F3NO/c16-15(17,18)20-10-12-3-7-14(8-4-12)13-5-1-11(9-19)2-6-13/h1-8H,10H2. The van der Waals surface area contributed by atoms with E-state index >= 15 is 0 Å². The summed E-state index contributed by atoms with van der Waals surface area (Å²) in [5.41, 5.74) is 2.77. The van der Waals surface area contributed by atoms with Crippen LogP contribution in [0.25, 0.3) is 11.1 Å². The van der Waals surface area contributed by atoms with Crippen molar-refractivity contribution in [2.75, 3.05) is 0 Å². The number of nitriles is 1. The summed E-state index contributed by atoms with van der Waals surface area (Å²) in [6.45, 7) is -0.503. The van der Waals surface area contributed by atoms with Gasteiger partial charge in [0.15, 0.2) is 0 Å². The summed E-state index contributed by atoms with van der Waals surface area (Å²) in [6.07, 6.45) is -4.62. The first-order chi connectivity index (χ1) is 9.48. The van der Waals surface area contributed by atoms with E-state index in [2.05, 4.69) is 4.74 Å². The van der Waals surface area contributed by atoms with E-state index in [1.54, 1.807) is 48.5 Å². The molecular weight excluding hydrogens is 267 g/mol. The Morgan fingerprint density at radius 2 is 1.40 bits per heavy atom. The van der Waals surface area contributed by atoms with Gasteiger partial charge in [0.1, 0.15) is 0 Å². The molecule has 0 aliphatic carbocycles. The van der Waals surface area contributed by atoms with Gasteiger partial charge in [-0.15, -0.1) is 13.2 Å². The lowest BCUT2D eigenvalue weighted by Crippen LogP contribution is -2.12. The predicted octanol–water partition coefficient (Wildman–Crippen LogP) is 4.26.